The second-order valence-electron chi connectivity index (χ2n) is 4.17. The molecule has 0 radical (unpaired) electrons. The first-order valence-corrected chi connectivity index (χ1v) is 6.98. The number of hydrogen-bond acceptors (Lipinski definition) is 4. The van der Waals surface area contributed by atoms with Crippen LogP contribution in [0.4, 0.5) is 8.78 Å². The minimum Gasteiger partial charge on any atom is -0.481 e. The van der Waals surface area contributed by atoms with E-state index in [1.807, 2.05) is 0 Å². The highest BCUT2D eigenvalue weighted by Crippen LogP contribution is 2.28. The van der Waals surface area contributed by atoms with Crippen LogP contribution in [-0.2, 0) is 9.59 Å². The van der Waals surface area contributed by atoms with Crippen LogP contribution >= 0.6 is 11.8 Å². The molecular weight excluding hydrogens is 320 g/mol. The number of carbonyl (C=O) groups excluding carboxylic acids is 1. The summed E-state index contributed by atoms with van der Waals surface area (Å²) in [5.41, 5.74) is -0.0885. The number of amides is 1. The maximum absolute atomic E-state index is 12.4. The van der Waals surface area contributed by atoms with Crippen molar-refractivity contribution in [2.75, 3.05) is 0 Å². The van der Waals surface area contributed by atoms with E-state index in [0.717, 1.165) is 0 Å². The van der Waals surface area contributed by atoms with Crippen LogP contribution in [0.5, 0.6) is 0 Å². The highest BCUT2D eigenvalue weighted by Gasteiger charge is 2.23. The quantitative estimate of drug-likeness (QED) is 0.629. The summed E-state index contributed by atoms with van der Waals surface area (Å²) in [5, 5.41) is 19.7. The zero-order valence-corrected chi connectivity index (χ0v) is 12.0. The molecule has 0 saturated carbocycles. The molecule has 0 aliphatic heterocycles. The molecule has 120 valence electrons. The molecule has 9 heteroatoms. The number of halogens is 2. The maximum Gasteiger partial charge on any atom is 0.326 e. The third kappa shape index (κ3) is 5.68. The van der Waals surface area contributed by atoms with E-state index in [1.54, 1.807) is 0 Å². The molecule has 0 bridgehead atoms. The highest BCUT2D eigenvalue weighted by atomic mass is 32.2. The first-order chi connectivity index (χ1) is 10.3. The number of hydrogen-bond donors (Lipinski definition) is 3. The van der Waals surface area contributed by atoms with Crippen LogP contribution in [0.1, 0.15) is 23.2 Å². The Kier molecular flexibility index (Phi) is 6.77. The number of carboxylic acids is 2. The van der Waals surface area contributed by atoms with Crippen molar-refractivity contribution in [1.82, 2.24) is 5.32 Å². The van der Waals surface area contributed by atoms with Crippen molar-refractivity contribution in [1.29, 1.82) is 0 Å². The fourth-order valence-electron chi connectivity index (χ4n) is 1.61. The molecule has 0 aliphatic carbocycles. The molecule has 1 rings (SSSR count). The lowest BCUT2D eigenvalue weighted by molar-refractivity contribution is -0.140. The average molecular weight is 333 g/mol. The largest absolute Gasteiger partial charge is 0.481 e. The molecule has 0 aliphatic rings. The fourth-order valence-corrected chi connectivity index (χ4v) is 2.25. The second-order valence-corrected chi connectivity index (χ2v) is 5.20. The van der Waals surface area contributed by atoms with Crippen molar-refractivity contribution in [3.63, 3.8) is 0 Å². The number of benzene rings is 1. The van der Waals surface area contributed by atoms with Crippen molar-refractivity contribution in [2.24, 2.45) is 0 Å². The van der Waals surface area contributed by atoms with Gasteiger partial charge in [-0.1, -0.05) is 23.9 Å². The van der Waals surface area contributed by atoms with Crippen LogP contribution in [0.3, 0.4) is 0 Å². The van der Waals surface area contributed by atoms with Gasteiger partial charge in [-0.3, -0.25) is 9.59 Å². The topological polar surface area (TPSA) is 104 Å². The zero-order chi connectivity index (χ0) is 16.7. The first kappa shape index (κ1) is 17.9. The molecule has 0 heterocycles. The monoisotopic (exact) mass is 333 g/mol. The van der Waals surface area contributed by atoms with Gasteiger partial charge in [0.05, 0.1) is 5.56 Å². The van der Waals surface area contributed by atoms with Crippen LogP contribution in [0, 0.1) is 0 Å². The van der Waals surface area contributed by atoms with Crippen molar-refractivity contribution in [3.05, 3.63) is 29.8 Å². The molecule has 1 aromatic rings. The number of aliphatic carboxylic acids is 2. The molecule has 0 fully saturated rings. The Labute approximate surface area is 128 Å². The van der Waals surface area contributed by atoms with Gasteiger partial charge in [-0.05, 0) is 18.6 Å². The van der Waals surface area contributed by atoms with E-state index < -0.39 is 36.1 Å². The Bertz CT molecular complexity index is 567. The molecule has 1 unspecified atom stereocenters. The van der Waals surface area contributed by atoms with Gasteiger partial charge in [0.2, 0.25) is 0 Å². The van der Waals surface area contributed by atoms with Crippen molar-refractivity contribution in [3.8, 4) is 0 Å². The van der Waals surface area contributed by atoms with Gasteiger partial charge in [0.25, 0.3) is 11.7 Å². The summed E-state index contributed by atoms with van der Waals surface area (Å²) < 4.78 is 24.9. The van der Waals surface area contributed by atoms with Crippen molar-refractivity contribution >= 4 is 29.6 Å². The maximum atomic E-state index is 12.4. The Morgan fingerprint density at radius 2 is 1.82 bits per heavy atom. The van der Waals surface area contributed by atoms with Gasteiger partial charge in [-0.2, -0.15) is 8.78 Å². The molecule has 22 heavy (non-hydrogen) atoms. The third-order valence-corrected chi connectivity index (χ3v) is 3.39. The van der Waals surface area contributed by atoms with E-state index in [0.29, 0.717) is 0 Å². The number of alkyl halides is 2. The summed E-state index contributed by atoms with van der Waals surface area (Å²) >= 11 is 0.171. The Balaban J connectivity index is 2.86. The highest BCUT2D eigenvalue weighted by molar-refractivity contribution is 7.99. The predicted octanol–water partition coefficient (Wildman–Crippen LogP) is 2.05. The smallest absolute Gasteiger partial charge is 0.326 e. The number of thioether (sulfide) groups is 1. The lowest BCUT2D eigenvalue weighted by atomic mass is 10.1. The van der Waals surface area contributed by atoms with E-state index in [1.165, 1.54) is 24.3 Å². The normalized spacial score (nSPS) is 12.0. The molecule has 1 atom stereocenters. The van der Waals surface area contributed by atoms with E-state index in [9.17, 15) is 23.2 Å². The van der Waals surface area contributed by atoms with Crippen LogP contribution in [0.15, 0.2) is 29.2 Å². The van der Waals surface area contributed by atoms with E-state index in [-0.39, 0.29) is 28.6 Å². The fraction of sp³-hybridized carbons (Fsp3) is 0.308. The van der Waals surface area contributed by atoms with E-state index in [2.05, 4.69) is 5.32 Å². The standard InChI is InChI=1S/C13H13F2NO5S/c14-13(15)22-9-4-2-1-3-7(9)11(19)16-8(12(20)21)5-6-10(17)18/h1-4,8,13H,5-6H2,(H,16,19)(H,17,18)(H,20,21). The van der Waals surface area contributed by atoms with Gasteiger partial charge in [-0.15, -0.1) is 0 Å². The van der Waals surface area contributed by atoms with Gasteiger partial charge < -0.3 is 15.5 Å². The van der Waals surface area contributed by atoms with Crippen LogP contribution in [0.2, 0.25) is 0 Å². The number of nitrogens with one attached hydrogen (secondary N) is 1. The molecule has 3 N–H and O–H groups in total. The van der Waals surface area contributed by atoms with Crippen LogP contribution in [-0.4, -0.2) is 39.9 Å². The second kappa shape index (κ2) is 8.32. The number of carbonyl (C=O) groups is 3. The van der Waals surface area contributed by atoms with Crippen molar-refractivity contribution < 1.29 is 33.4 Å². The van der Waals surface area contributed by atoms with E-state index >= 15 is 0 Å². The van der Waals surface area contributed by atoms with Gasteiger partial charge in [0.15, 0.2) is 0 Å². The Hall–Kier alpha value is -2.16. The number of rotatable bonds is 8. The summed E-state index contributed by atoms with van der Waals surface area (Å²) in [4.78, 5) is 33.5. The molecule has 0 aromatic heterocycles. The number of carboxylic acid groups (broad SMARTS) is 2. The molecule has 0 spiro atoms. The zero-order valence-electron chi connectivity index (χ0n) is 11.2. The van der Waals surface area contributed by atoms with E-state index in [4.69, 9.17) is 10.2 Å². The van der Waals surface area contributed by atoms with Crippen LogP contribution in [0.25, 0.3) is 0 Å². The average Bonchev–Trinajstić information content (AvgIpc) is 2.42. The van der Waals surface area contributed by atoms with Gasteiger partial charge in [-0.25, -0.2) is 4.79 Å². The molecule has 0 saturated heterocycles. The minimum absolute atomic E-state index is 0.0115. The predicted molar refractivity (Wildman–Crippen MR) is 74.1 cm³/mol. The lowest BCUT2D eigenvalue weighted by Crippen LogP contribution is -2.41. The SMILES string of the molecule is O=C(O)CCC(NC(=O)c1ccccc1SC(F)F)C(=O)O. The van der Waals surface area contributed by atoms with Gasteiger partial charge in [0.1, 0.15) is 6.04 Å². The lowest BCUT2D eigenvalue weighted by Gasteiger charge is -2.15. The summed E-state index contributed by atoms with van der Waals surface area (Å²) in [6, 6.07) is 4.13. The third-order valence-electron chi connectivity index (χ3n) is 2.60. The molecule has 1 amide bonds. The van der Waals surface area contributed by atoms with Gasteiger partial charge in [0, 0.05) is 11.3 Å². The van der Waals surface area contributed by atoms with Crippen molar-refractivity contribution in [2.45, 2.75) is 29.5 Å². The van der Waals surface area contributed by atoms with Gasteiger partial charge >= 0.3 is 11.9 Å². The Morgan fingerprint density at radius 3 is 2.36 bits per heavy atom. The molecular formula is C13H13F2NO5S. The summed E-state index contributed by atoms with van der Waals surface area (Å²) in [6.45, 7) is 0. The summed E-state index contributed by atoms with van der Waals surface area (Å²) in [6.07, 6.45) is -0.745. The molecule has 6 nitrogen and oxygen atoms in total. The van der Waals surface area contributed by atoms with Crippen LogP contribution < -0.4 is 5.32 Å². The minimum atomic E-state index is -2.73. The first-order valence-electron chi connectivity index (χ1n) is 6.10. The summed E-state index contributed by atoms with van der Waals surface area (Å²) in [7, 11) is 0. The summed E-state index contributed by atoms with van der Waals surface area (Å²) in [5.74, 6) is -6.17. The Morgan fingerprint density at radius 1 is 1.18 bits per heavy atom. The molecule has 1 aromatic carbocycles.